The molecular weight excluding hydrogens is 232 g/mol. The Bertz CT molecular complexity index is 473. The second-order valence-corrected chi connectivity index (χ2v) is 4.41. The van der Waals surface area contributed by atoms with Crippen LogP contribution < -0.4 is 10.6 Å². The number of para-hydroxylation sites is 1. The highest BCUT2D eigenvalue weighted by Gasteiger charge is 2.27. The summed E-state index contributed by atoms with van der Waals surface area (Å²) in [5, 5.41) is 8.75. The number of nitrogens with two attached hydrogens (primary N) is 1. The van der Waals surface area contributed by atoms with Crippen molar-refractivity contribution in [2.24, 2.45) is 5.73 Å². The summed E-state index contributed by atoms with van der Waals surface area (Å²) in [7, 11) is 0. The standard InChI is InChI=1S/C13H16N2O3/c14-10-6-5-9-3-1-2-4-11(9)15(13(10)18)8-7-12(16)17/h1-4,10H,5-8,14H2,(H,16,17). The van der Waals surface area contributed by atoms with Crippen LogP contribution in [0.5, 0.6) is 0 Å². The summed E-state index contributed by atoms with van der Waals surface area (Å²) < 4.78 is 0. The Labute approximate surface area is 105 Å². The Balaban J connectivity index is 2.32. The molecule has 0 aromatic heterocycles. The molecule has 5 nitrogen and oxygen atoms in total. The lowest BCUT2D eigenvalue weighted by Crippen LogP contribution is -2.43. The van der Waals surface area contributed by atoms with Gasteiger partial charge in [-0.05, 0) is 24.5 Å². The van der Waals surface area contributed by atoms with E-state index >= 15 is 0 Å². The van der Waals surface area contributed by atoms with Gasteiger partial charge in [0.2, 0.25) is 5.91 Å². The second kappa shape index (κ2) is 5.18. The lowest BCUT2D eigenvalue weighted by molar-refractivity contribution is -0.136. The molecule has 1 heterocycles. The van der Waals surface area contributed by atoms with E-state index in [1.54, 1.807) is 0 Å². The number of hydrogen-bond acceptors (Lipinski definition) is 3. The van der Waals surface area contributed by atoms with Gasteiger partial charge in [-0.15, -0.1) is 0 Å². The zero-order valence-corrected chi connectivity index (χ0v) is 10.0. The van der Waals surface area contributed by atoms with Gasteiger partial charge in [0, 0.05) is 12.2 Å². The molecule has 0 radical (unpaired) electrons. The minimum atomic E-state index is -0.918. The normalized spacial score (nSPS) is 19.3. The maximum absolute atomic E-state index is 12.1. The van der Waals surface area contributed by atoms with Crippen LogP contribution in [0.2, 0.25) is 0 Å². The highest BCUT2D eigenvalue weighted by Crippen LogP contribution is 2.26. The van der Waals surface area contributed by atoms with Gasteiger partial charge in [-0.25, -0.2) is 0 Å². The lowest BCUT2D eigenvalue weighted by Gasteiger charge is -2.23. The van der Waals surface area contributed by atoms with Crippen LogP contribution in [0.4, 0.5) is 5.69 Å². The third-order valence-corrected chi connectivity index (χ3v) is 3.14. The number of carbonyl (C=O) groups excluding carboxylic acids is 1. The third-order valence-electron chi connectivity index (χ3n) is 3.14. The Morgan fingerprint density at radius 2 is 2.17 bits per heavy atom. The predicted molar refractivity (Wildman–Crippen MR) is 67.3 cm³/mol. The minimum absolute atomic E-state index is 0.0766. The van der Waals surface area contributed by atoms with Crippen molar-refractivity contribution in [3.8, 4) is 0 Å². The molecule has 1 aromatic carbocycles. The van der Waals surface area contributed by atoms with Crippen molar-refractivity contribution in [3.63, 3.8) is 0 Å². The molecule has 0 aliphatic carbocycles. The van der Waals surface area contributed by atoms with Crippen molar-refractivity contribution in [2.45, 2.75) is 25.3 Å². The van der Waals surface area contributed by atoms with E-state index in [9.17, 15) is 9.59 Å². The van der Waals surface area contributed by atoms with Gasteiger partial charge in [-0.3, -0.25) is 9.59 Å². The Morgan fingerprint density at radius 3 is 2.89 bits per heavy atom. The zero-order valence-electron chi connectivity index (χ0n) is 10.0. The fourth-order valence-corrected chi connectivity index (χ4v) is 2.18. The molecule has 1 aromatic rings. The number of amides is 1. The monoisotopic (exact) mass is 248 g/mol. The number of carbonyl (C=O) groups is 2. The van der Waals surface area contributed by atoms with E-state index in [0.717, 1.165) is 17.7 Å². The number of nitrogens with zero attached hydrogens (tertiary/aromatic N) is 1. The number of fused-ring (bicyclic) bond motifs is 1. The lowest BCUT2D eigenvalue weighted by atomic mass is 10.1. The van der Waals surface area contributed by atoms with Gasteiger partial charge in [-0.2, -0.15) is 0 Å². The van der Waals surface area contributed by atoms with Crippen LogP contribution in [-0.4, -0.2) is 29.6 Å². The highest BCUT2D eigenvalue weighted by molar-refractivity contribution is 5.98. The van der Waals surface area contributed by atoms with Gasteiger partial charge in [0.25, 0.3) is 0 Å². The van der Waals surface area contributed by atoms with E-state index in [-0.39, 0.29) is 18.9 Å². The summed E-state index contributed by atoms with van der Waals surface area (Å²) >= 11 is 0. The van der Waals surface area contributed by atoms with Crippen LogP contribution in [-0.2, 0) is 16.0 Å². The molecule has 5 heteroatoms. The van der Waals surface area contributed by atoms with Gasteiger partial charge in [0.1, 0.15) is 0 Å². The maximum atomic E-state index is 12.1. The number of aryl methyl sites for hydroxylation is 1. The first-order chi connectivity index (χ1) is 8.59. The van der Waals surface area contributed by atoms with Crippen LogP contribution >= 0.6 is 0 Å². The van der Waals surface area contributed by atoms with E-state index in [1.165, 1.54) is 4.90 Å². The molecule has 1 aliphatic heterocycles. The van der Waals surface area contributed by atoms with Crippen molar-refractivity contribution in [2.75, 3.05) is 11.4 Å². The van der Waals surface area contributed by atoms with Crippen molar-refractivity contribution < 1.29 is 14.7 Å². The first kappa shape index (κ1) is 12.6. The summed E-state index contributed by atoms with van der Waals surface area (Å²) in [5.74, 6) is -1.11. The largest absolute Gasteiger partial charge is 0.481 e. The topological polar surface area (TPSA) is 83.6 Å². The Hall–Kier alpha value is -1.88. The van der Waals surface area contributed by atoms with E-state index < -0.39 is 12.0 Å². The summed E-state index contributed by atoms with van der Waals surface area (Å²) in [6.07, 6.45) is 1.26. The van der Waals surface area contributed by atoms with Crippen LogP contribution in [0.3, 0.4) is 0 Å². The number of carboxylic acid groups (broad SMARTS) is 1. The van der Waals surface area contributed by atoms with Gasteiger partial charge in [-0.1, -0.05) is 18.2 Å². The van der Waals surface area contributed by atoms with Crippen LogP contribution in [0.15, 0.2) is 24.3 Å². The molecule has 0 bridgehead atoms. The second-order valence-electron chi connectivity index (χ2n) is 4.41. The maximum Gasteiger partial charge on any atom is 0.305 e. The van der Waals surface area contributed by atoms with Gasteiger partial charge in [0.15, 0.2) is 0 Å². The number of benzene rings is 1. The molecular formula is C13H16N2O3. The number of rotatable bonds is 3. The Kier molecular flexibility index (Phi) is 3.62. The molecule has 96 valence electrons. The quantitative estimate of drug-likeness (QED) is 0.827. The molecule has 3 N–H and O–H groups in total. The van der Waals surface area contributed by atoms with E-state index in [4.69, 9.17) is 10.8 Å². The van der Waals surface area contributed by atoms with Crippen LogP contribution in [0.25, 0.3) is 0 Å². The zero-order chi connectivity index (χ0) is 13.1. The van der Waals surface area contributed by atoms with Crippen molar-refractivity contribution in [1.82, 2.24) is 0 Å². The molecule has 0 fully saturated rings. The van der Waals surface area contributed by atoms with Crippen LogP contribution in [0.1, 0.15) is 18.4 Å². The van der Waals surface area contributed by atoms with E-state index in [1.807, 2.05) is 24.3 Å². The van der Waals surface area contributed by atoms with E-state index in [2.05, 4.69) is 0 Å². The summed E-state index contributed by atoms with van der Waals surface area (Å²) in [6.45, 7) is 0.166. The highest BCUT2D eigenvalue weighted by atomic mass is 16.4. The molecule has 1 aliphatic rings. The summed E-state index contributed by atoms with van der Waals surface area (Å²) in [4.78, 5) is 24.3. The average molecular weight is 248 g/mol. The summed E-state index contributed by atoms with van der Waals surface area (Å²) in [6, 6.07) is 7.00. The third kappa shape index (κ3) is 2.51. The minimum Gasteiger partial charge on any atom is -0.481 e. The summed E-state index contributed by atoms with van der Waals surface area (Å²) in [5.41, 5.74) is 7.65. The molecule has 0 saturated heterocycles. The smallest absolute Gasteiger partial charge is 0.305 e. The van der Waals surface area contributed by atoms with Gasteiger partial charge in [0.05, 0.1) is 12.5 Å². The molecule has 1 unspecified atom stereocenters. The fourth-order valence-electron chi connectivity index (χ4n) is 2.18. The van der Waals surface area contributed by atoms with Crippen molar-refractivity contribution in [1.29, 1.82) is 0 Å². The SMILES string of the molecule is NC1CCc2ccccc2N(CCC(=O)O)C1=O. The molecule has 0 spiro atoms. The first-order valence-electron chi connectivity index (χ1n) is 5.96. The first-order valence-corrected chi connectivity index (χ1v) is 5.96. The van der Waals surface area contributed by atoms with Crippen molar-refractivity contribution >= 4 is 17.6 Å². The molecule has 1 amide bonds. The van der Waals surface area contributed by atoms with Gasteiger partial charge < -0.3 is 15.7 Å². The van der Waals surface area contributed by atoms with Crippen LogP contribution in [0, 0.1) is 0 Å². The Morgan fingerprint density at radius 1 is 1.44 bits per heavy atom. The molecule has 1 atom stereocenters. The number of hydrogen-bond donors (Lipinski definition) is 2. The average Bonchev–Trinajstić information content (AvgIpc) is 2.47. The predicted octanol–water partition coefficient (Wildman–Crippen LogP) is 0.768. The number of carboxylic acids is 1. The number of aliphatic carboxylic acids is 1. The molecule has 18 heavy (non-hydrogen) atoms. The van der Waals surface area contributed by atoms with Gasteiger partial charge >= 0.3 is 5.97 Å². The van der Waals surface area contributed by atoms with Crippen molar-refractivity contribution in [3.05, 3.63) is 29.8 Å². The molecule has 0 saturated carbocycles. The fraction of sp³-hybridized carbons (Fsp3) is 0.385. The van der Waals surface area contributed by atoms with E-state index in [0.29, 0.717) is 6.42 Å². The number of anilines is 1. The molecule has 2 rings (SSSR count).